The third kappa shape index (κ3) is 14.8. The third-order valence-electron chi connectivity index (χ3n) is 14.9. The Morgan fingerprint density at radius 3 is 2.29 bits per heavy atom. The van der Waals surface area contributed by atoms with E-state index >= 15 is 0 Å². The molecule has 8 rings (SSSR count). The summed E-state index contributed by atoms with van der Waals surface area (Å²) in [5, 5.41) is 24.1. The van der Waals surface area contributed by atoms with E-state index in [2.05, 4.69) is 52.1 Å². The molecule has 2 aromatic heterocycles. The van der Waals surface area contributed by atoms with Crippen LogP contribution in [0.1, 0.15) is 83.4 Å². The Hall–Kier alpha value is -6.11. The summed E-state index contributed by atoms with van der Waals surface area (Å²) in [4.78, 5) is 77.0. The number of halogens is 1. The minimum absolute atomic E-state index is 0.00544. The molecule has 21 heteroatoms. The van der Waals surface area contributed by atoms with E-state index in [1.807, 2.05) is 98.8 Å². The van der Waals surface area contributed by atoms with Crippen LogP contribution in [-0.4, -0.2) is 149 Å². The Morgan fingerprint density at radius 2 is 1.62 bits per heavy atom. The van der Waals surface area contributed by atoms with Gasteiger partial charge in [0, 0.05) is 94.7 Å². The largest absolute Gasteiger partial charge is 0.494 e. The SMILES string of the molecule is COc1cc(N2CCC(N3CCN(C(=O)CCCCCC(=O)N[C@H](C(=O)N4C[C@H](O)C[C@H]4C(=O)NCc4ccc(-c5scnc5C)cc4)C(C)(C)C)CC3)CC2)ccc1Nc1ncc(Cl)c(Nc2ccccc2P(C)(C)=O)n1. The zero-order chi connectivity index (χ0) is 55.7. The molecule has 3 saturated heterocycles. The van der Waals surface area contributed by atoms with Crippen molar-refractivity contribution in [3.63, 3.8) is 0 Å². The molecule has 0 radical (unpaired) electrons. The lowest BCUT2D eigenvalue weighted by Crippen LogP contribution is -2.57. The van der Waals surface area contributed by atoms with Crippen molar-refractivity contribution in [2.24, 2.45) is 5.41 Å². The molecule has 5 aromatic rings. The topological polar surface area (TPSA) is 215 Å². The highest BCUT2D eigenvalue weighted by Gasteiger charge is 2.44. The number of likely N-dealkylation sites (tertiary alicyclic amines) is 1. The van der Waals surface area contributed by atoms with Crippen LogP contribution in [0.3, 0.4) is 0 Å². The molecule has 0 saturated carbocycles. The van der Waals surface area contributed by atoms with Crippen LogP contribution in [0.15, 0.2) is 78.4 Å². The predicted molar refractivity (Wildman–Crippen MR) is 310 cm³/mol. The monoisotopic (exact) mass is 1120 g/mol. The molecule has 5 heterocycles. The lowest BCUT2D eigenvalue weighted by molar-refractivity contribution is -0.144. The van der Waals surface area contributed by atoms with E-state index in [1.165, 1.54) is 11.1 Å². The van der Waals surface area contributed by atoms with E-state index < -0.39 is 36.7 Å². The average molecular weight is 1120 g/mol. The maximum absolute atomic E-state index is 14.1. The first kappa shape index (κ1) is 58.0. The van der Waals surface area contributed by atoms with Gasteiger partial charge in [-0.05, 0) is 86.7 Å². The molecular weight excluding hydrogens is 1050 g/mol. The van der Waals surface area contributed by atoms with Crippen molar-refractivity contribution < 1.29 is 33.6 Å². The molecule has 0 unspecified atom stereocenters. The second kappa shape index (κ2) is 25.8. The second-order valence-electron chi connectivity index (χ2n) is 22.0. The normalized spacial score (nSPS) is 17.9. The average Bonchev–Trinajstić information content (AvgIpc) is 4.08. The lowest BCUT2D eigenvalue weighted by Gasteiger charge is -2.43. The van der Waals surface area contributed by atoms with Gasteiger partial charge < -0.3 is 50.4 Å². The molecule has 18 nitrogen and oxygen atoms in total. The molecule has 418 valence electrons. The van der Waals surface area contributed by atoms with Crippen molar-refractivity contribution in [1.29, 1.82) is 0 Å². The fourth-order valence-corrected chi connectivity index (χ4v) is 12.6. The molecule has 3 aliphatic rings. The number of thiazole rings is 1. The number of carbonyl (C=O) groups is 4. The number of piperazine rings is 1. The van der Waals surface area contributed by atoms with Crippen LogP contribution in [0, 0.1) is 12.3 Å². The summed E-state index contributed by atoms with van der Waals surface area (Å²) in [6.07, 6.45) is 5.33. The second-order valence-corrected chi connectivity index (χ2v) is 26.5. The van der Waals surface area contributed by atoms with Crippen molar-refractivity contribution in [2.45, 2.75) is 110 Å². The summed E-state index contributed by atoms with van der Waals surface area (Å²) in [7, 11) is -0.936. The molecule has 4 amide bonds. The number of piperidine rings is 1. The van der Waals surface area contributed by atoms with Gasteiger partial charge in [0.25, 0.3) is 0 Å². The van der Waals surface area contributed by atoms with Gasteiger partial charge in [-0.3, -0.25) is 24.1 Å². The summed E-state index contributed by atoms with van der Waals surface area (Å²) in [6, 6.07) is 20.0. The van der Waals surface area contributed by atoms with Crippen LogP contribution in [0.5, 0.6) is 5.75 Å². The molecular formula is C57H75ClN11O7PS. The Labute approximate surface area is 467 Å². The molecule has 3 fully saturated rings. The van der Waals surface area contributed by atoms with Crippen molar-refractivity contribution >= 4 is 87.8 Å². The smallest absolute Gasteiger partial charge is 0.246 e. The first-order valence-electron chi connectivity index (χ1n) is 27.0. The lowest BCUT2D eigenvalue weighted by atomic mass is 9.85. The number of carbonyl (C=O) groups excluding carboxylic acids is 4. The molecule has 0 spiro atoms. The Kier molecular flexibility index (Phi) is 19.2. The van der Waals surface area contributed by atoms with Crippen LogP contribution in [0.4, 0.5) is 28.8 Å². The minimum Gasteiger partial charge on any atom is -0.494 e. The number of methoxy groups -OCH3 is 1. The number of nitrogens with one attached hydrogen (secondary N) is 4. The number of unbranched alkanes of at least 4 members (excludes halogenated alkanes) is 2. The molecule has 3 atom stereocenters. The van der Waals surface area contributed by atoms with Crippen molar-refractivity contribution in [2.75, 3.05) is 81.8 Å². The first-order valence-corrected chi connectivity index (χ1v) is 30.8. The quantitative estimate of drug-likeness (QED) is 0.0367. The number of anilines is 5. The summed E-state index contributed by atoms with van der Waals surface area (Å²) in [5.74, 6) is 0.475. The number of nitrogens with zero attached hydrogens (tertiary/aromatic N) is 7. The summed E-state index contributed by atoms with van der Waals surface area (Å²) >= 11 is 8.08. The number of benzene rings is 3. The van der Waals surface area contributed by atoms with Gasteiger partial charge in [0.2, 0.25) is 29.6 Å². The van der Waals surface area contributed by atoms with E-state index in [0.717, 1.165) is 66.4 Å². The van der Waals surface area contributed by atoms with Gasteiger partial charge in [-0.1, -0.05) is 75.2 Å². The Morgan fingerprint density at radius 1 is 0.897 bits per heavy atom. The van der Waals surface area contributed by atoms with Gasteiger partial charge >= 0.3 is 0 Å². The number of amides is 4. The fraction of sp³-hybridized carbons (Fsp3) is 0.491. The maximum Gasteiger partial charge on any atom is 0.246 e. The molecule has 5 N–H and O–H groups in total. The number of hydrogen-bond acceptors (Lipinski definition) is 15. The summed E-state index contributed by atoms with van der Waals surface area (Å²) < 4.78 is 18.8. The Balaban J connectivity index is 0.731. The van der Waals surface area contributed by atoms with Gasteiger partial charge in [-0.25, -0.2) is 9.97 Å². The molecule has 0 aliphatic carbocycles. The summed E-state index contributed by atoms with van der Waals surface area (Å²) in [5.41, 5.74) is 6.51. The number of aryl methyl sites for hydroxylation is 1. The van der Waals surface area contributed by atoms with Gasteiger partial charge in [-0.2, -0.15) is 4.98 Å². The van der Waals surface area contributed by atoms with Gasteiger partial charge in [0.15, 0.2) is 5.82 Å². The van der Waals surface area contributed by atoms with E-state index in [1.54, 1.807) is 31.8 Å². The van der Waals surface area contributed by atoms with Crippen LogP contribution in [0.25, 0.3) is 10.4 Å². The number of aliphatic hydroxyl groups excluding tert-OH is 1. The van der Waals surface area contributed by atoms with Gasteiger partial charge in [0.1, 0.15) is 30.0 Å². The van der Waals surface area contributed by atoms with Gasteiger partial charge in [-0.15, -0.1) is 11.3 Å². The van der Waals surface area contributed by atoms with Gasteiger partial charge in [0.05, 0.1) is 46.9 Å². The van der Waals surface area contributed by atoms with Crippen LogP contribution < -0.4 is 36.2 Å². The zero-order valence-electron chi connectivity index (χ0n) is 45.9. The fourth-order valence-electron chi connectivity index (χ4n) is 10.5. The van der Waals surface area contributed by atoms with E-state index in [4.69, 9.17) is 16.3 Å². The number of aliphatic hydroxyl groups is 1. The molecule has 0 bridgehead atoms. The van der Waals surface area contributed by atoms with E-state index in [9.17, 15) is 28.8 Å². The predicted octanol–water partition coefficient (Wildman–Crippen LogP) is 8.18. The maximum atomic E-state index is 14.1. The Bertz CT molecular complexity index is 2950. The number of rotatable bonds is 20. The van der Waals surface area contributed by atoms with Crippen LogP contribution in [-0.2, 0) is 30.3 Å². The van der Waals surface area contributed by atoms with Crippen LogP contribution >= 0.6 is 30.1 Å². The number of ether oxygens (including phenoxy) is 1. The zero-order valence-corrected chi connectivity index (χ0v) is 48.4. The minimum atomic E-state index is -2.57. The highest BCUT2D eigenvalue weighted by atomic mass is 35.5. The van der Waals surface area contributed by atoms with Crippen molar-refractivity contribution in [3.8, 4) is 16.2 Å². The summed E-state index contributed by atoms with van der Waals surface area (Å²) in [6.45, 7) is 16.1. The number of β-amino-alcohol motifs (C(OH)–C–C–N with tert-alkyl or cyclic N) is 1. The van der Waals surface area contributed by atoms with Crippen molar-refractivity contribution in [3.05, 3.63) is 94.7 Å². The third-order valence-corrected chi connectivity index (χ3v) is 17.7. The van der Waals surface area contributed by atoms with E-state index in [-0.39, 0.29) is 43.7 Å². The number of hydrogen-bond donors (Lipinski definition) is 5. The van der Waals surface area contributed by atoms with E-state index in [0.29, 0.717) is 84.0 Å². The number of para-hydroxylation sites is 1. The molecule has 3 aromatic carbocycles. The van der Waals surface area contributed by atoms with Crippen molar-refractivity contribution in [1.82, 2.24) is 40.3 Å². The molecule has 3 aliphatic heterocycles. The number of aromatic nitrogens is 3. The highest BCUT2D eigenvalue weighted by Crippen LogP contribution is 2.39. The van der Waals surface area contributed by atoms with Crippen LogP contribution in [0.2, 0.25) is 5.02 Å². The first-order chi connectivity index (χ1) is 37.2. The standard InChI is InChI=1S/C57H75ClN11O7PS/c1-37-51(78-36-61-37)39-19-17-38(18-20-39)33-59-54(73)46-32-42(70)35-69(46)55(74)52(57(2,3)4)64-49(71)15-9-8-10-16-50(72)68-29-27-67(28-30-68)40-23-25-66(26-24-40)41-21-22-44(47(31-41)76-5)63-56-60-34-43(58)53(65-56)62-45-13-11-12-14-48(45)77(6,7)75/h11-14,17-22,31,34,36,40,42,46,52,70H,8-10,15-16,23-30,32-33,35H2,1-7H3,(H,59,73)(H,64,71)(H2,60,62,63,65)/t42-,46+,52-/m1/s1. The highest BCUT2D eigenvalue weighted by molar-refractivity contribution is 7.70. The molecule has 78 heavy (non-hydrogen) atoms.